The summed E-state index contributed by atoms with van der Waals surface area (Å²) in [5, 5.41) is 6.13. The molecule has 0 amide bonds. The van der Waals surface area contributed by atoms with Crippen LogP contribution in [0.4, 0.5) is 23.5 Å². The number of anilines is 4. The van der Waals surface area contributed by atoms with Crippen molar-refractivity contribution in [1.29, 1.82) is 0 Å². The molecule has 0 atom stereocenters. The van der Waals surface area contributed by atoms with E-state index in [0.717, 1.165) is 12.1 Å². The van der Waals surface area contributed by atoms with Crippen LogP contribution in [0.25, 0.3) is 0 Å². The molecule has 0 aliphatic carbocycles. The molecule has 20 heavy (non-hydrogen) atoms. The Bertz CT molecular complexity index is 564. The van der Waals surface area contributed by atoms with E-state index in [9.17, 15) is 0 Å². The van der Waals surface area contributed by atoms with Gasteiger partial charge in [0.1, 0.15) is 0 Å². The lowest BCUT2D eigenvalue weighted by Crippen LogP contribution is -2.15. The number of nitrogens with zero attached hydrogens (tertiary/aromatic N) is 4. The molecule has 0 spiro atoms. The fourth-order valence-electron chi connectivity index (χ4n) is 1.69. The van der Waals surface area contributed by atoms with Crippen molar-refractivity contribution < 1.29 is 0 Å². The third-order valence-corrected chi connectivity index (χ3v) is 2.87. The Kier molecular flexibility index (Phi) is 4.34. The van der Waals surface area contributed by atoms with Crippen LogP contribution in [0, 0.1) is 0 Å². The van der Waals surface area contributed by atoms with Gasteiger partial charge in [-0.15, -0.1) is 0 Å². The largest absolute Gasteiger partial charge is 0.357 e. The first-order valence-electron chi connectivity index (χ1n) is 6.59. The zero-order valence-electron chi connectivity index (χ0n) is 12.3. The van der Waals surface area contributed by atoms with E-state index in [1.807, 2.05) is 31.1 Å². The van der Waals surface area contributed by atoms with E-state index in [2.05, 4.69) is 44.6 Å². The van der Waals surface area contributed by atoms with Crippen molar-refractivity contribution in [3.8, 4) is 0 Å². The predicted molar refractivity (Wildman–Crippen MR) is 82.8 cm³/mol. The van der Waals surface area contributed by atoms with Crippen LogP contribution in [0.1, 0.15) is 12.5 Å². The lowest BCUT2D eigenvalue weighted by Gasteiger charge is -2.13. The molecule has 106 valence electrons. The Labute approximate surface area is 119 Å². The summed E-state index contributed by atoms with van der Waals surface area (Å²) in [4.78, 5) is 14.8. The first-order valence-corrected chi connectivity index (χ1v) is 6.59. The fraction of sp³-hybridized carbons (Fsp3) is 0.357. The van der Waals surface area contributed by atoms with Gasteiger partial charge in [-0.3, -0.25) is 0 Å². The lowest BCUT2D eigenvalue weighted by atomic mass is 10.1. The first-order chi connectivity index (χ1) is 9.62. The maximum Gasteiger partial charge on any atom is 0.233 e. The van der Waals surface area contributed by atoms with Gasteiger partial charge in [0.05, 0.1) is 0 Å². The highest BCUT2D eigenvalue weighted by Gasteiger charge is 2.07. The van der Waals surface area contributed by atoms with E-state index in [1.165, 1.54) is 5.56 Å². The summed E-state index contributed by atoms with van der Waals surface area (Å²) >= 11 is 0. The smallest absolute Gasteiger partial charge is 0.233 e. The lowest BCUT2D eigenvalue weighted by molar-refractivity contribution is 0.963. The van der Waals surface area contributed by atoms with Gasteiger partial charge in [0.2, 0.25) is 17.8 Å². The zero-order valence-corrected chi connectivity index (χ0v) is 12.3. The highest BCUT2D eigenvalue weighted by atomic mass is 15.3. The topological polar surface area (TPSA) is 66.0 Å². The van der Waals surface area contributed by atoms with E-state index < -0.39 is 0 Å². The monoisotopic (exact) mass is 272 g/mol. The quantitative estimate of drug-likeness (QED) is 0.870. The number of benzene rings is 1. The number of aromatic nitrogens is 3. The summed E-state index contributed by atoms with van der Waals surface area (Å²) in [7, 11) is 5.58. The summed E-state index contributed by atoms with van der Waals surface area (Å²) in [5.41, 5.74) is 2.26. The molecule has 0 bridgehead atoms. The van der Waals surface area contributed by atoms with Gasteiger partial charge >= 0.3 is 0 Å². The molecule has 6 nitrogen and oxygen atoms in total. The molecule has 1 aromatic heterocycles. The normalized spacial score (nSPS) is 10.2. The molecule has 0 aliphatic rings. The molecular weight excluding hydrogens is 252 g/mol. The van der Waals surface area contributed by atoms with E-state index in [4.69, 9.17) is 0 Å². The number of hydrogen-bond acceptors (Lipinski definition) is 6. The van der Waals surface area contributed by atoms with Gasteiger partial charge in [-0.1, -0.05) is 19.1 Å². The van der Waals surface area contributed by atoms with Crippen molar-refractivity contribution in [1.82, 2.24) is 15.0 Å². The molecule has 0 aliphatic heterocycles. The summed E-state index contributed by atoms with van der Waals surface area (Å²) in [6.07, 6.45) is 1.03. The number of nitrogens with one attached hydrogen (secondary N) is 2. The minimum absolute atomic E-state index is 0.525. The van der Waals surface area contributed by atoms with E-state index in [-0.39, 0.29) is 0 Å². The molecule has 0 fully saturated rings. The van der Waals surface area contributed by atoms with Crippen LogP contribution in [0.5, 0.6) is 0 Å². The highest BCUT2D eigenvalue weighted by Crippen LogP contribution is 2.17. The molecule has 1 heterocycles. The number of hydrogen-bond donors (Lipinski definition) is 2. The van der Waals surface area contributed by atoms with Crippen LogP contribution >= 0.6 is 0 Å². The van der Waals surface area contributed by atoms with Gasteiger partial charge < -0.3 is 15.5 Å². The van der Waals surface area contributed by atoms with Gasteiger partial charge in [-0.2, -0.15) is 15.0 Å². The third-order valence-electron chi connectivity index (χ3n) is 2.87. The second-order valence-electron chi connectivity index (χ2n) is 4.60. The zero-order chi connectivity index (χ0) is 14.5. The molecule has 2 N–H and O–H groups in total. The molecule has 0 unspecified atom stereocenters. The van der Waals surface area contributed by atoms with Crippen molar-refractivity contribution in [3.63, 3.8) is 0 Å². The second kappa shape index (κ2) is 6.18. The molecule has 1 aromatic carbocycles. The van der Waals surface area contributed by atoms with Crippen molar-refractivity contribution in [2.24, 2.45) is 0 Å². The molecule has 0 saturated carbocycles. The number of rotatable bonds is 5. The average molecular weight is 272 g/mol. The van der Waals surface area contributed by atoms with Crippen molar-refractivity contribution in [2.75, 3.05) is 36.7 Å². The molecular formula is C14H20N6. The van der Waals surface area contributed by atoms with Gasteiger partial charge in [0.25, 0.3) is 0 Å². The maximum atomic E-state index is 4.37. The predicted octanol–water partition coefficient (Wildman–Crippen LogP) is 2.29. The summed E-state index contributed by atoms with van der Waals surface area (Å²) in [6.45, 7) is 2.14. The Balaban J connectivity index is 2.24. The Morgan fingerprint density at radius 3 is 2.20 bits per heavy atom. The van der Waals surface area contributed by atoms with Crippen LogP contribution in [-0.4, -0.2) is 36.1 Å². The van der Waals surface area contributed by atoms with Crippen molar-refractivity contribution in [3.05, 3.63) is 29.8 Å². The molecule has 6 heteroatoms. The SMILES string of the molecule is CCc1ccc(Nc2nc(NC)nc(N(C)C)n2)cc1. The second-order valence-corrected chi connectivity index (χ2v) is 4.60. The Morgan fingerprint density at radius 2 is 1.65 bits per heavy atom. The van der Waals surface area contributed by atoms with E-state index in [1.54, 1.807) is 7.05 Å². The minimum atomic E-state index is 0.525. The fourth-order valence-corrected chi connectivity index (χ4v) is 1.69. The van der Waals surface area contributed by atoms with Crippen molar-refractivity contribution in [2.45, 2.75) is 13.3 Å². The van der Waals surface area contributed by atoms with Gasteiger partial charge in [0.15, 0.2) is 0 Å². The molecule has 0 saturated heterocycles. The van der Waals surface area contributed by atoms with Crippen LogP contribution in [-0.2, 0) is 6.42 Å². The van der Waals surface area contributed by atoms with Crippen LogP contribution in [0.2, 0.25) is 0 Å². The van der Waals surface area contributed by atoms with Gasteiger partial charge in [-0.05, 0) is 24.1 Å². The van der Waals surface area contributed by atoms with Gasteiger partial charge in [0, 0.05) is 26.8 Å². The van der Waals surface area contributed by atoms with Gasteiger partial charge in [-0.25, -0.2) is 0 Å². The highest BCUT2D eigenvalue weighted by molar-refractivity contribution is 5.56. The van der Waals surface area contributed by atoms with Crippen molar-refractivity contribution >= 4 is 23.5 Å². The van der Waals surface area contributed by atoms with E-state index >= 15 is 0 Å². The van der Waals surface area contributed by atoms with Crippen LogP contribution in [0.15, 0.2) is 24.3 Å². The Morgan fingerprint density at radius 1 is 1.00 bits per heavy atom. The first kappa shape index (κ1) is 14.0. The van der Waals surface area contributed by atoms with Crippen LogP contribution in [0.3, 0.4) is 0 Å². The summed E-state index contributed by atoms with van der Waals surface area (Å²) < 4.78 is 0. The Hall–Kier alpha value is -2.37. The average Bonchev–Trinajstić information content (AvgIpc) is 2.47. The molecule has 2 rings (SSSR count). The standard InChI is InChI=1S/C14H20N6/c1-5-10-6-8-11(9-7-10)16-13-17-12(15-2)18-14(19-13)20(3)4/h6-9H,5H2,1-4H3,(H2,15,16,17,18,19). The molecule has 2 aromatic rings. The number of aryl methyl sites for hydroxylation is 1. The van der Waals surface area contributed by atoms with E-state index in [0.29, 0.717) is 17.8 Å². The minimum Gasteiger partial charge on any atom is -0.357 e. The van der Waals surface area contributed by atoms with Crippen LogP contribution < -0.4 is 15.5 Å². The molecule has 0 radical (unpaired) electrons. The summed E-state index contributed by atoms with van der Waals surface area (Å²) in [6, 6.07) is 8.23. The third kappa shape index (κ3) is 3.34. The maximum absolute atomic E-state index is 4.37. The summed E-state index contributed by atoms with van der Waals surface area (Å²) in [5.74, 6) is 1.67.